The maximum atomic E-state index is 4.26. The second-order valence-corrected chi connectivity index (χ2v) is 3.98. The molecular weight excluding hydrogens is 240 g/mol. The molecule has 0 fully saturated rings. The van der Waals surface area contributed by atoms with Crippen molar-refractivity contribution in [1.82, 2.24) is 9.97 Å². The Balaban J connectivity index is 2.55. The number of hydrogen-bond acceptors (Lipinski definition) is 2. The molecule has 0 radical (unpaired) electrons. The topological polar surface area (TPSA) is 25.8 Å². The first-order chi connectivity index (χ1) is 6.77. The van der Waals surface area contributed by atoms with Crippen LogP contribution in [0.4, 0.5) is 0 Å². The molecule has 0 bridgehead atoms. The van der Waals surface area contributed by atoms with E-state index in [-0.39, 0.29) is 0 Å². The zero-order valence-electron chi connectivity index (χ0n) is 7.74. The van der Waals surface area contributed by atoms with Crippen LogP contribution in [0.1, 0.15) is 5.56 Å². The highest BCUT2D eigenvalue weighted by molar-refractivity contribution is 9.10. The molecule has 3 heteroatoms. The van der Waals surface area contributed by atoms with Gasteiger partial charge in [0.05, 0.1) is 5.69 Å². The predicted molar refractivity (Wildman–Crippen MR) is 59.9 cm³/mol. The van der Waals surface area contributed by atoms with Gasteiger partial charge in [-0.3, -0.25) is 0 Å². The predicted octanol–water partition coefficient (Wildman–Crippen LogP) is 3.21. The molecule has 0 atom stereocenters. The Morgan fingerprint density at radius 1 is 1.29 bits per heavy atom. The number of benzene rings is 1. The Kier molecular flexibility index (Phi) is 2.59. The fraction of sp³-hybridized carbons (Fsp3) is 0.0909. The molecule has 0 spiro atoms. The second-order valence-electron chi connectivity index (χ2n) is 3.06. The Morgan fingerprint density at radius 3 is 2.86 bits per heavy atom. The molecule has 2 aromatic rings. The fourth-order valence-corrected chi connectivity index (χ4v) is 1.74. The lowest BCUT2D eigenvalue weighted by molar-refractivity contribution is 1.13. The van der Waals surface area contributed by atoms with Crippen LogP contribution in [0, 0.1) is 6.92 Å². The molecule has 0 aliphatic heterocycles. The van der Waals surface area contributed by atoms with E-state index in [9.17, 15) is 0 Å². The molecule has 0 aliphatic carbocycles. The van der Waals surface area contributed by atoms with Crippen LogP contribution in [0.25, 0.3) is 11.3 Å². The summed E-state index contributed by atoms with van der Waals surface area (Å²) in [5.74, 6) is 0. The van der Waals surface area contributed by atoms with Gasteiger partial charge in [-0.1, -0.05) is 28.1 Å². The highest BCUT2D eigenvalue weighted by Crippen LogP contribution is 2.22. The third kappa shape index (κ3) is 1.82. The molecule has 0 unspecified atom stereocenters. The van der Waals surface area contributed by atoms with Gasteiger partial charge in [-0.25, -0.2) is 9.97 Å². The summed E-state index contributed by atoms with van der Waals surface area (Å²) in [6, 6.07) is 8.09. The summed E-state index contributed by atoms with van der Waals surface area (Å²) in [4.78, 5) is 8.23. The normalized spacial score (nSPS) is 10.1. The zero-order valence-corrected chi connectivity index (χ0v) is 9.32. The Labute approximate surface area is 91.2 Å². The lowest BCUT2D eigenvalue weighted by Crippen LogP contribution is -1.88. The molecule has 2 rings (SSSR count). The van der Waals surface area contributed by atoms with Crippen molar-refractivity contribution in [2.75, 3.05) is 0 Å². The van der Waals surface area contributed by atoms with Crippen LogP contribution < -0.4 is 0 Å². The molecule has 1 aromatic heterocycles. The van der Waals surface area contributed by atoms with Gasteiger partial charge < -0.3 is 0 Å². The van der Waals surface area contributed by atoms with Gasteiger partial charge in [-0.2, -0.15) is 0 Å². The minimum atomic E-state index is 0.987. The lowest BCUT2D eigenvalue weighted by Gasteiger charge is -2.03. The molecule has 0 amide bonds. The Hall–Kier alpha value is -1.22. The van der Waals surface area contributed by atoms with E-state index in [2.05, 4.69) is 32.0 Å². The van der Waals surface area contributed by atoms with E-state index in [1.54, 1.807) is 6.33 Å². The first-order valence-electron chi connectivity index (χ1n) is 4.30. The van der Waals surface area contributed by atoms with Crippen molar-refractivity contribution in [2.24, 2.45) is 0 Å². The van der Waals surface area contributed by atoms with Gasteiger partial charge in [-0.15, -0.1) is 0 Å². The van der Waals surface area contributed by atoms with Crippen molar-refractivity contribution in [1.29, 1.82) is 0 Å². The van der Waals surface area contributed by atoms with Crippen molar-refractivity contribution in [3.63, 3.8) is 0 Å². The first-order valence-corrected chi connectivity index (χ1v) is 5.09. The van der Waals surface area contributed by atoms with Gasteiger partial charge in [-0.05, 0) is 24.6 Å². The molecule has 0 saturated heterocycles. The molecule has 2 nitrogen and oxygen atoms in total. The third-order valence-corrected chi connectivity index (χ3v) is 2.49. The molecule has 0 aliphatic rings. The molecule has 1 heterocycles. The van der Waals surface area contributed by atoms with Gasteiger partial charge in [0.2, 0.25) is 0 Å². The summed E-state index contributed by atoms with van der Waals surface area (Å²) in [5.41, 5.74) is 3.19. The molecule has 1 aromatic carbocycles. The van der Waals surface area contributed by atoms with Crippen LogP contribution in [0.15, 0.2) is 41.3 Å². The standard InChI is InChI=1S/C11H9BrN2/c1-8-6-13-7-14-11(8)9-3-2-4-10(12)5-9/h2-7H,1H3. The van der Waals surface area contributed by atoms with Crippen LogP contribution >= 0.6 is 15.9 Å². The summed E-state index contributed by atoms with van der Waals surface area (Å²) in [5, 5.41) is 0. The number of nitrogens with zero attached hydrogens (tertiary/aromatic N) is 2. The van der Waals surface area contributed by atoms with Crippen molar-refractivity contribution in [3.8, 4) is 11.3 Å². The summed E-state index contributed by atoms with van der Waals surface area (Å²) in [6.45, 7) is 2.01. The minimum Gasteiger partial charge on any atom is -0.245 e. The van der Waals surface area contributed by atoms with Gasteiger partial charge >= 0.3 is 0 Å². The smallest absolute Gasteiger partial charge is 0.116 e. The van der Waals surface area contributed by atoms with Gasteiger partial charge in [0, 0.05) is 16.2 Å². The summed E-state index contributed by atoms with van der Waals surface area (Å²) >= 11 is 3.44. The molecule has 0 N–H and O–H groups in total. The van der Waals surface area contributed by atoms with Crippen molar-refractivity contribution in [2.45, 2.75) is 6.92 Å². The maximum Gasteiger partial charge on any atom is 0.116 e. The van der Waals surface area contributed by atoms with Crippen LogP contribution in [-0.2, 0) is 0 Å². The number of hydrogen-bond donors (Lipinski definition) is 0. The van der Waals surface area contributed by atoms with E-state index >= 15 is 0 Å². The number of aromatic nitrogens is 2. The zero-order chi connectivity index (χ0) is 9.97. The van der Waals surface area contributed by atoms with Crippen molar-refractivity contribution >= 4 is 15.9 Å². The largest absolute Gasteiger partial charge is 0.245 e. The Morgan fingerprint density at radius 2 is 2.14 bits per heavy atom. The second kappa shape index (κ2) is 3.88. The highest BCUT2D eigenvalue weighted by atomic mass is 79.9. The van der Waals surface area contributed by atoms with E-state index < -0.39 is 0 Å². The minimum absolute atomic E-state index is 0.987. The maximum absolute atomic E-state index is 4.26. The average Bonchev–Trinajstić information content (AvgIpc) is 2.18. The van der Waals surface area contributed by atoms with Crippen LogP contribution in [0.5, 0.6) is 0 Å². The van der Waals surface area contributed by atoms with E-state index in [0.717, 1.165) is 21.3 Å². The SMILES string of the molecule is Cc1cncnc1-c1cccc(Br)c1. The highest BCUT2D eigenvalue weighted by Gasteiger charge is 2.02. The van der Waals surface area contributed by atoms with Gasteiger partial charge in [0.1, 0.15) is 6.33 Å². The number of halogens is 1. The van der Waals surface area contributed by atoms with E-state index in [1.165, 1.54) is 0 Å². The first kappa shape index (κ1) is 9.34. The average molecular weight is 249 g/mol. The molecule has 70 valence electrons. The van der Waals surface area contributed by atoms with E-state index in [0.29, 0.717) is 0 Å². The Bertz CT molecular complexity index is 455. The molecular formula is C11H9BrN2. The van der Waals surface area contributed by atoms with Gasteiger partial charge in [0.15, 0.2) is 0 Å². The van der Waals surface area contributed by atoms with Crippen LogP contribution in [0.2, 0.25) is 0 Å². The monoisotopic (exact) mass is 248 g/mol. The van der Waals surface area contributed by atoms with E-state index in [1.807, 2.05) is 31.3 Å². The summed E-state index contributed by atoms with van der Waals surface area (Å²) in [6.07, 6.45) is 3.40. The fourth-order valence-electron chi connectivity index (χ4n) is 1.34. The molecule has 0 saturated carbocycles. The van der Waals surface area contributed by atoms with E-state index in [4.69, 9.17) is 0 Å². The quantitative estimate of drug-likeness (QED) is 0.775. The number of rotatable bonds is 1. The van der Waals surface area contributed by atoms with Gasteiger partial charge in [0.25, 0.3) is 0 Å². The van der Waals surface area contributed by atoms with Crippen LogP contribution in [-0.4, -0.2) is 9.97 Å². The summed E-state index contributed by atoms with van der Waals surface area (Å²) < 4.78 is 1.06. The van der Waals surface area contributed by atoms with Crippen LogP contribution in [0.3, 0.4) is 0 Å². The van der Waals surface area contributed by atoms with Crippen molar-refractivity contribution in [3.05, 3.63) is 46.8 Å². The lowest BCUT2D eigenvalue weighted by atomic mass is 10.1. The number of aryl methyl sites for hydroxylation is 1. The van der Waals surface area contributed by atoms with Crippen molar-refractivity contribution < 1.29 is 0 Å². The molecule has 14 heavy (non-hydrogen) atoms. The third-order valence-electron chi connectivity index (χ3n) is 1.99. The summed E-state index contributed by atoms with van der Waals surface area (Å²) in [7, 11) is 0.